The van der Waals surface area contributed by atoms with E-state index in [1.54, 1.807) is 7.11 Å². The Hall–Kier alpha value is -2.16. The van der Waals surface area contributed by atoms with Crippen LogP contribution in [0.1, 0.15) is 30.9 Å². The Balaban J connectivity index is 2.12. The van der Waals surface area contributed by atoms with Gasteiger partial charge in [0.1, 0.15) is 18.1 Å². The summed E-state index contributed by atoms with van der Waals surface area (Å²) in [6, 6.07) is 13.7. The Morgan fingerprint density at radius 1 is 1.10 bits per heavy atom. The highest BCUT2D eigenvalue weighted by Crippen LogP contribution is 2.24. The average Bonchev–Trinajstić information content (AvgIpc) is 2.45. The van der Waals surface area contributed by atoms with E-state index in [2.05, 4.69) is 26.0 Å². The van der Waals surface area contributed by atoms with Gasteiger partial charge >= 0.3 is 0 Å². The predicted molar refractivity (Wildman–Crippen MR) is 82.3 cm³/mol. The predicted octanol–water partition coefficient (Wildman–Crippen LogP) is 3.98. The van der Waals surface area contributed by atoms with Gasteiger partial charge in [0.05, 0.1) is 7.11 Å². The normalized spacial score (nSPS) is 10.6. The van der Waals surface area contributed by atoms with E-state index >= 15 is 0 Å². The molecule has 0 saturated heterocycles. The van der Waals surface area contributed by atoms with Crippen molar-refractivity contribution < 1.29 is 9.47 Å². The monoisotopic (exact) mass is 271 g/mol. The van der Waals surface area contributed by atoms with Gasteiger partial charge in [-0.1, -0.05) is 26.0 Å². The minimum atomic E-state index is 0.440. The second-order valence-corrected chi connectivity index (χ2v) is 5.09. The standard InChI is InChI=1S/C17H21NO2/c1-12(2)13-5-4-6-16(10-13)20-11-14-9-15(18)7-8-17(14)19-3/h4-10,12H,11,18H2,1-3H3. The summed E-state index contributed by atoms with van der Waals surface area (Å²) >= 11 is 0. The first-order valence-electron chi connectivity index (χ1n) is 6.75. The zero-order valence-electron chi connectivity index (χ0n) is 12.2. The molecule has 0 aliphatic heterocycles. The molecule has 106 valence electrons. The van der Waals surface area contributed by atoms with Crippen LogP contribution < -0.4 is 15.2 Å². The number of rotatable bonds is 5. The van der Waals surface area contributed by atoms with Crippen LogP contribution in [0, 0.1) is 0 Å². The number of methoxy groups -OCH3 is 1. The SMILES string of the molecule is COc1ccc(N)cc1COc1cccc(C(C)C)c1. The van der Waals surface area contributed by atoms with Crippen LogP contribution in [0.25, 0.3) is 0 Å². The van der Waals surface area contributed by atoms with Gasteiger partial charge in [0.2, 0.25) is 0 Å². The van der Waals surface area contributed by atoms with Crippen molar-refractivity contribution in [3.05, 3.63) is 53.6 Å². The molecule has 0 atom stereocenters. The van der Waals surface area contributed by atoms with Gasteiger partial charge in [-0.2, -0.15) is 0 Å². The molecule has 2 N–H and O–H groups in total. The molecule has 0 heterocycles. The molecule has 20 heavy (non-hydrogen) atoms. The van der Waals surface area contributed by atoms with E-state index in [0.717, 1.165) is 17.1 Å². The smallest absolute Gasteiger partial charge is 0.125 e. The second kappa shape index (κ2) is 6.33. The topological polar surface area (TPSA) is 44.5 Å². The molecule has 0 aliphatic rings. The van der Waals surface area contributed by atoms with E-state index in [1.165, 1.54) is 5.56 Å². The number of nitrogens with two attached hydrogens (primary N) is 1. The quantitative estimate of drug-likeness (QED) is 0.836. The fourth-order valence-electron chi connectivity index (χ4n) is 2.04. The van der Waals surface area contributed by atoms with E-state index in [9.17, 15) is 0 Å². The van der Waals surface area contributed by atoms with Crippen molar-refractivity contribution >= 4 is 5.69 Å². The summed E-state index contributed by atoms with van der Waals surface area (Å²) < 4.78 is 11.2. The lowest BCUT2D eigenvalue weighted by atomic mass is 10.0. The zero-order chi connectivity index (χ0) is 14.5. The zero-order valence-corrected chi connectivity index (χ0v) is 12.2. The number of ether oxygens (including phenoxy) is 2. The maximum absolute atomic E-state index is 5.84. The molecule has 0 aromatic heterocycles. The molecule has 0 fully saturated rings. The van der Waals surface area contributed by atoms with E-state index < -0.39 is 0 Å². The number of nitrogen functional groups attached to an aromatic ring is 1. The van der Waals surface area contributed by atoms with Gasteiger partial charge in [-0.25, -0.2) is 0 Å². The van der Waals surface area contributed by atoms with Gasteiger partial charge in [-0.15, -0.1) is 0 Å². The van der Waals surface area contributed by atoms with Crippen molar-refractivity contribution in [1.82, 2.24) is 0 Å². The van der Waals surface area contributed by atoms with E-state index in [1.807, 2.05) is 30.3 Å². The molecule has 3 nitrogen and oxygen atoms in total. The highest BCUT2D eigenvalue weighted by atomic mass is 16.5. The number of anilines is 1. The van der Waals surface area contributed by atoms with Crippen LogP contribution >= 0.6 is 0 Å². The van der Waals surface area contributed by atoms with Crippen LogP contribution in [0.4, 0.5) is 5.69 Å². The van der Waals surface area contributed by atoms with E-state index in [-0.39, 0.29) is 0 Å². The fourth-order valence-corrected chi connectivity index (χ4v) is 2.04. The Kier molecular flexibility index (Phi) is 4.51. The first-order chi connectivity index (χ1) is 9.60. The van der Waals surface area contributed by atoms with Crippen molar-refractivity contribution in [3.8, 4) is 11.5 Å². The van der Waals surface area contributed by atoms with Gasteiger partial charge in [-0.05, 0) is 41.8 Å². The van der Waals surface area contributed by atoms with Crippen molar-refractivity contribution in [2.45, 2.75) is 26.4 Å². The average molecular weight is 271 g/mol. The van der Waals surface area contributed by atoms with Gasteiger partial charge in [0, 0.05) is 11.3 Å². The molecule has 0 bridgehead atoms. The molecule has 0 saturated carbocycles. The number of hydrogen-bond donors (Lipinski definition) is 1. The molecule has 2 rings (SSSR count). The lowest BCUT2D eigenvalue weighted by molar-refractivity contribution is 0.296. The summed E-state index contributed by atoms with van der Waals surface area (Å²) in [5.41, 5.74) is 8.73. The molecular formula is C17H21NO2. The molecule has 3 heteroatoms. The van der Waals surface area contributed by atoms with Crippen molar-refractivity contribution in [1.29, 1.82) is 0 Å². The molecule has 0 amide bonds. The van der Waals surface area contributed by atoms with Crippen LogP contribution in [0.2, 0.25) is 0 Å². The molecule has 0 unspecified atom stereocenters. The Bertz CT molecular complexity index is 579. The fraction of sp³-hybridized carbons (Fsp3) is 0.294. The maximum Gasteiger partial charge on any atom is 0.125 e. The van der Waals surface area contributed by atoms with Crippen molar-refractivity contribution in [3.63, 3.8) is 0 Å². The highest BCUT2D eigenvalue weighted by molar-refractivity contribution is 5.47. The van der Waals surface area contributed by atoms with Gasteiger partial charge in [0.25, 0.3) is 0 Å². The molecular weight excluding hydrogens is 250 g/mol. The van der Waals surface area contributed by atoms with Crippen LogP contribution in [-0.4, -0.2) is 7.11 Å². The van der Waals surface area contributed by atoms with Gasteiger partial charge in [-0.3, -0.25) is 0 Å². The molecule has 0 spiro atoms. The van der Waals surface area contributed by atoms with Gasteiger partial charge in [0.15, 0.2) is 0 Å². The summed E-state index contributed by atoms with van der Waals surface area (Å²) in [5.74, 6) is 2.14. The molecule has 0 aliphatic carbocycles. The summed E-state index contributed by atoms with van der Waals surface area (Å²) in [5, 5.41) is 0. The summed E-state index contributed by atoms with van der Waals surface area (Å²) in [4.78, 5) is 0. The molecule has 2 aromatic carbocycles. The minimum absolute atomic E-state index is 0.440. The third kappa shape index (κ3) is 3.44. The summed E-state index contributed by atoms with van der Waals surface area (Å²) in [7, 11) is 1.65. The summed E-state index contributed by atoms with van der Waals surface area (Å²) in [6.45, 7) is 4.77. The molecule has 0 radical (unpaired) electrons. The van der Waals surface area contributed by atoms with E-state index in [0.29, 0.717) is 18.2 Å². The first kappa shape index (κ1) is 14.3. The third-order valence-corrected chi connectivity index (χ3v) is 3.22. The van der Waals surface area contributed by atoms with Crippen LogP contribution in [0.15, 0.2) is 42.5 Å². The maximum atomic E-state index is 5.84. The Morgan fingerprint density at radius 2 is 1.90 bits per heavy atom. The number of hydrogen-bond acceptors (Lipinski definition) is 3. The largest absolute Gasteiger partial charge is 0.496 e. The van der Waals surface area contributed by atoms with Crippen LogP contribution in [-0.2, 0) is 6.61 Å². The second-order valence-electron chi connectivity index (χ2n) is 5.09. The Labute approximate surface area is 120 Å². The van der Waals surface area contributed by atoms with Gasteiger partial charge < -0.3 is 15.2 Å². The third-order valence-electron chi connectivity index (χ3n) is 3.22. The van der Waals surface area contributed by atoms with Crippen LogP contribution in [0.5, 0.6) is 11.5 Å². The first-order valence-corrected chi connectivity index (χ1v) is 6.75. The number of benzene rings is 2. The minimum Gasteiger partial charge on any atom is -0.496 e. The molecule has 2 aromatic rings. The lowest BCUT2D eigenvalue weighted by Gasteiger charge is -2.12. The highest BCUT2D eigenvalue weighted by Gasteiger charge is 2.06. The van der Waals surface area contributed by atoms with E-state index in [4.69, 9.17) is 15.2 Å². The van der Waals surface area contributed by atoms with Crippen molar-refractivity contribution in [2.75, 3.05) is 12.8 Å². The van der Waals surface area contributed by atoms with Crippen LogP contribution in [0.3, 0.4) is 0 Å². The summed E-state index contributed by atoms with van der Waals surface area (Å²) in [6.07, 6.45) is 0. The Morgan fingerprint density at radius 3 is 2.60 bits per heavy atom. The lowest BCUT2D eigenvalue weighted by Crippen LogP contribution is -2.00. The van der Waals surface area contributed by atoms with Crippen molar-refractivity contribution in [2.24, 2.45) is 0 Å².